The maximum atomic E-state index is 11.7. The Bertz CT molecular complexity index is 449. The molecule has 0 unspecified atom stereocenters. The Morgan fingerprint density at radius 1 is 1.35 bits per heavy atom. The lowest BCUT2D eigenvalue weighted by atomic mass is 10.1. The smallest absolute Gasteiger partial charge is 0.221 e. The Morgan fingerprint density at radius 2 is 2.05 bits per heavy atom. The molecule has 0 aliphatic carbocycles. The fourth-order valence-corrected chi connectivity index (χ4v) is 1.90. The Morgan fingerprint density at radius 3 is 2.60 bits per heavy atom. The van der Waals surface area contributed by atoms with Gasteiger partial charge in [-0.15, -0.1) is 0 Å². The molecule has 1 rings (SSSR count). The molecule has 0 fully saturated rings. The highest BCUT2D eigenvalue weighted by Crippen LogP contribution is 2.13. The number of benzene rings is 1. The van der Waals surface area contributed by atoms with Gasteiger partial charge in [0.15, 0.2) is 0 Å². The van der Waals surface area contributed by atoms with Crippen molar-refractivity contribution in [3.05, 3.63) is 29.8 Å². The Kier molecular flexibility index (Phi) is 7.20. The summed E-state index contributed by atoms with van der Waals surface area (Å²) < 4.78 is 5.37. The third kappa shape index (κ3) is 5.75. The van der Waals surface area contributed by atoms with Crippen molar-refractivity contribution in [1.82, 2.24) is 5.32 Å². The largest absolute Gasteiger partial charge is 0.494 e. The highest BCUT2D eigenvalue weighted by atomic mass is 16.5. The molecule has 0 spiro atoms. The maximum absolute atomic E-state index is 11.7. The molecule has 108 valence electrons. The highest BCUT2D eigenvalue weighted by molar-refractivity contribution is 5.76. The van der Waals surface area contributed by atoms with Gasteiger partial charge in [-0.1, -0.05) is 25.5 Å². The first-order valence-corrected chi connectivity index (χ1v) is 7.10. The van der Waals surface area contributed by atoms with Crippen molar-refractivity contribution in [3.8, 4) is 11.8 Å². The quantitative estimate of drug-likeness (QED) is 0.793. The van der Waals surface area contributed by atoms with Gasteiger partial charge in [-0.3, -0.25) is 4.79 Å². The molecule has 0 aliphatic heterocycles. The first-order valence-electron chi connectivity index (χ1n) is 7.10. The monoisotopic (exact) mass is 274 g/mol. The van der Waals surface area contributed by atoms with E-state index in [1.165, 1.54) is 0 Å². The van der Waals surface area contributed by atoms with E-state index in [2.05, 4.69) is 11.4 Å². The van der Waals surface area contributed by atoms with Gasteiger partial charge in [0.05, 0.1) is 12.7 Å². The van der Waals surface area contributed by atoms with Gasteiger partial charge in [0.2, 0.25) is 5.91 Å². The van der Waals surface area contributed by atoms with Crippen LogP contribution >= 0.6 is 0 Å². The van der Waals surface area contributed by atoms with Gasteiger partial charge in [-0.2, -0.15) is 5.26 Å². The van der Waals surface area contributed by atoms with E-state index < -0.39 is 0 Å². The SMILES string of the molecule is CCC[C@H](C#N)NC(=O)CCc1ccc(OCC)cc1. The van der Waals surface area contributed by atoms with Gasteiger partial charge in [0, 0.05) is 6.42 Å². The van der Waals surface area contributed by atoms with Gasteiger partial charge in [-0.05, 0) is 37.5 Å². The zero-order chi connectivity index (χ0) is 14.8. The molecule has 1 aromatic rings. The Labute approximate surface area is 120 Å². The van der Waals surface area contributed by atoms with Crippen LogP contribution < -0.4 is 10.1 Å². The van der Waals surface area contributed by atoms with E-state index in [0.29, 0.717) is 25.9 Å². The summed E-state index contributed by atoms with van der Waals surface area (Å²) in [6.45, 7) is 4.59. The standard InChI is InChI=1S/C16H22N2O2/c1-3-5-14(12-17)18-16(19)11-8-13-6-9-15(10-7-13)20-4-2/h6-7,9-10,14H,3-5,8,11H2,1-2H3,(H,18,19)/t14-/m1/s1. The Hall–Kier alpha value is -2.02. The van der Waals surface area contributed by atoms with Crippen LogP contribution in [0.15, 0.2) is 24.3 Å². The van der Waals surface area contributed by atoms with Crippen LogP contribution in [0, 0.1) is 11.3 Å². The predicted molar refractivity (Wildman–Crippen MR) is 78.4 cm³/mol. The van der Waals surface area contributed by atoms with Crippen LogP contribution in [0.25, 0.3) is 0 Å². The zero-order valence-electron chi connectivity index (χ0n) is 12.2. The van der Waals surface area contributed by atoms with Crippen molar-refractivity contribution in [1.29, 1.82) is 5.26 Å². The molecule has 0 aromatic heterocycles. The molecule has 20 heavy (non-hydrogen) atoms. The molecular weight excluding hydrogens is 252 g/mol. The lowest BCUT2D eigenvalue weighted by Gasteiger charge is -2.10. The number of carbonyl (C=O) groups excluding carboxylic acids is 1. The number of hydrogen-bond donors (Lipinski definition) is 1. The van der Waals surface area contributed by atoms with E-state index in [9.17, 15) is 4.79 Å². The second-order valence-electron chi connectivity index (χ2n) is 4.61. The first kappa shape index (κ1) is 16.0. The van der Waals surface area contributed by atoms with E-state index >= 15 is 0 Å². The average molecular weight is 274 g/mol. The molecule has 0 saturated heterocycles. The van der Waals surface area contributed by atoms with Crippen LogP contribution in [0.3, 0.4) is 0 Å². The van der Waals surface area contributed by atoms with Crippen molar-refractivity contribution < 1.29 is 9.53 Å². The number of carbonyl (C=O) groups is 1. The molecule has 4 heteroatoms. The normalized spacial score (nSPS) is 11.4. The van der Waals surface area contributed by atoms with Gasteiger partial charge < -0.3 is 10.1 Å². The minimum Gasteiger partial charge on any atom is -0.494 e. The second-order valence-corrected chi connectivity index (χ2v) is 4.61. The van der Waals surface area contributed by atoms with Crippen LogP contribution in [0.5, 0.6) is 5.75 Å². The third-order valence-corrected chi connectivity index (χ3v) is 2.94. The van der Waals surface area contributed by atoms with Crippen LogP contribution in [0.2, 0.25) is 0 Å². The molecule has 0 bridgehead atoms. The molecule has 4 nitrogen and oxygen atoms in total. The van der Waals surface area contributed by atoms with Crippen LogP contribution in [0.4, 0.5) is 0 Å². The van der Waals surface area contributed by atoms with E-state index in [4.69, 9.17) is 10.00 Å². The van der Waals surface area contributed by atoms with Crippen LogP contribution in [-0.4, -0.2) is 18.6 Å². The lowest BCUT2D eigenvalue weighted by molar-refractivity contribution is -0.121. The number of rotatable bonds is 8. The number of nitrogens with one attached hydrogen (secondary N) is 1. The predicted octanol–water partition coefficient (Wildman–Crippen LogP) is 2.83. The summed E-state index contributed by atoms with van der Waals surface area (Å²) in [7, 11) is 0. The molecule has 1 atom stereocenters. The molecule has 0 saturated carbocycles. The summed E-state index contributed by atoms with van der Waals surface area (Å²) in [5.74, 6) is 0.770. The van der Waals surface area contributed by atoms with Crippen molar-refractivity contribution in [3.63, 3.8) is 0 Å². The molecule has 1 N–H and O–H groups in total. The van der Waals surface area contributed by atoms with E-state index in [1.54, 1.807) is 0 Å². The number of nitriles is 1. The molecule has 1 aromatic carbocycles. The van der Waals surface area contributed by atoms with Crippen LogP contribution in [0.1, 0.15) is 38.7 Å². The third-order valence-electron chi connectivity index (χ3n) is 2.94. The van der Waals surface area contributed by atoms with Crippen molar-refractivity contribution in [2.24, 2.45) is 0 Å². The number of nitrogens with zero attached hydrogens (tertiary/aromatic N) is 1. The summed E-state index contributed by atoms with van der Waals surface area (Å²) in [5, 5.41) is 11.6. The van der Waals surface area contributed by atoms with Gasteiger partial charge in [0.1, 0.15) is 11.8 Å². The minimum absolute atomic E-state index is 0.0705. The fraction of sp³-hybridized carbons (Fsp3) is 0.500. The minimum atomic E-state index is -0.368. The molecular formula is C16H22N2O2. The summed E-state index contributed by atoms with van der Waals surface area (Å²) in [5.41, 5.74) is 1.09. The first-order chi connectivity index (χ1) is 9.69. The maximum Gasteiger partial charge on any atom is 0.221 e. The zero-order valence-corrected chi connectivity index (χ0v) is 12.2. The molecule has 0 radical (unpaired) electrons. The second kappa shape index (κ2) is 8.98. The van der Waals surface area contributed by atoms with E-state index in [-0.39, 0.29) is 11.9 Å². The van der Waals surface area contributed by atoms with E-state index in [0.717, 1.165) is 17.7 Å². The summed E-state index contributed by atoms with van der Waals surface area (Å²) in [6.07, 6.45) is 2.65. The van der Waals surface area contributed by atoms with E-state index in [1.807, 2.05) is 38.1 Å². The number of amides is 1. The number of ether oxygens (including phenoxy) is 1. The molecule has 0 aliphatic rings. The number of hydrogen-bond acceptors (Lipinski definition) is 3. The Balaban J connectivity index is 2.38. The topological polar surface area (TPSA) is 62.1 Å². The summed E-state index contributed by atoms with van der Waals surface area (Å²) in [4.78, 5) is 11.7. The molecule has 1 amide bonds. The fourth-order valence-electron chi connectivity index (χ4n) is 1.90. The van der Waals surface area contributed by atoms with Gasteiger partial charge >= 0.3 is 0 Å². The van der Waals surface area contributed by atoms with Crippen molar-refractivity contribution >= 4 is 5.91 Å². The van der Waals surface area contributed by atoms with Gasteiger partial charge in [0.25, 0.3) is 0 Å². The van der Waals surface area contributed by atoms with Crippen molar-refractivity contribution in [2.75, 3.05) is 6.61 Å². The summed E-state index contributed by atoms with van der Waals surface area (Å²) >= 11 is 0. The number of aryl methyl sites for hydroxylation is 1. The van der Waals surface area contributed by atoms with Gasteiger partial charge in [-0.25, -0.2) is 0 Å². The average Bonchev–Trinajstić information content (AvgIpc) is 2.46. The highest BCUT2D eigenvalue weighted by Gasteiger charge is 2.10. The summed E-state index contributed by atoms with van der Waals surface area (Å²) in [6, 6.07) is 9.48. The lowest BCUT2D eigenvalue weighted by Crippen LogP contribution is -2.33. The van der Waals surface area contributed by atoms with Crippen molar-refractivity contribution in [2.45, 2.75) is 45.6 Å². The van der Waals surface area contributed by atoms with Crippen LogP contribution in [-0.2, 0) is 11.2 Å². The molecule has 0 heterocycles.